The third kappa shape index (κ3) is 25.9. The molecule has 4 aromatic carbocycles. The molecule has 0 radical (unpaired) electrons. The molecule has 0 atom stereocenters. The molecule has 0 spiro atoms. The molecule has 9 rings (SSSR count). The fourth-order valence-electron chi connectivity index (χ4n) is 14.6. The van der Waals surface area contributed by atoms with E-state index in [1.807, 2.05) is 48.5 Å². The van der Waals surface area contributed by atoms with E-state index in [9.17, 15) is 19.2 Å². The lowest BCUT2D eigenvalue weighted by molar-refractivity contribution is -0.117. The smallest absolute Gasteiger partial charge is 0.224 e. The number of amides is 4. The van der Waals surface area contributed by atoms with Crippen molar-refractivity contribution in [1.82, 2.24) is 19.9 Å². The monoisotopic (exact) mass is 1400 g/mol. The Morgan fingerprint density at radius 2 is 0.413 bits per heavy atom. The van der Waals surface area contributed by atoms with Gasteiger partial charge in [-0.25, -0.2) is 9.97 Å². The minimum absolute atomic E-state index is 0.0222. The largest absolute Gasteiger partial charge is 0.354 e. The van der Waals surface area contributed by atoms with E-state index in [0.29, 0.717) is 25.7 Å². The molecule has 0 unspecified atom stereocenters. The van der Waals surface area contributed by atoms with Gasteiger partial charge in [-0.3, -0.25) is 19.2 Å². The molecule has 104 heavy (non-hydrogen) atoms. The maximum absolute atomic E-state index is 13.4. The first kappa shape index (κ1) is 79.5. The highest BCUT2D eigenvalue weighted by Crippen LogP contribution is 2.40. The predicted octanol–water partition coefficient (Wildman–Crippen LogP) is 26.8. The normalized spacial score (nSPS) is 11.7. The fourth-order valence-corrected chi connectivity index (χ4v) is 14.6. The third-order valence-corrected chi connectivity index (χ3v) is 20.6. The second kappa shape index (κ2) is 44.9. The molecular formula is C92H122N8O4. The van der Waals surface area contributed by atoms with E-state index in [1.54, 1.807) is 0 Å². The molecule has 0 aliphatic carbocycles. The molecule has 8 bridgehead atoms. The number of anilines is 4. The van der Waals surface area contributed by atoms with Crippen LogP contribution in [0.4, 0.5) is 22.7 Å². The van der Waals surface area contributed by atoms with E-state index in [-0.39, 0.29) is 23.6 Å². The van der Waals surface area contributed by atoms with E-state index >= 15 is 0 Å². The van der Waals surface area contributed by atoms with Crippen LogP contribution in [0.1, 0.15) is 307 Å². The standard InChI is InChI=1S/C92H122N8O4/c1-5-9-13-17-21-25-29-33-37-41-85(101)93-73-53-45-69(46-54-73)89-77-61-63-79(97-77)90(70-47-55-74(56-48-70)94-86(102)42-38-34-30-26-22-18-14-10-6-2)81-65-67-83(99-81)92(72-51-59-76(60-52-72)96-88(104)44-40-36-32-28-24-20-16-12-8-4)84-68-66-82(100-84)91(80-64-62-78(89)98-80)71-49-57-75(58-50-71)95-87(103)43-39-35-31-27-23-19-15-11-7-3/h45-68,97,100H,5-44H2,1-4H3,(H,93,101)(H,94,102)(H,95,103)(H,96,104). The molecule has 0 saturated heterocycles. The number of carbonyl (C=O) groups is 4. The van der Waals surface area contributed by atoms with E-state index in [0.717, 1.165) is 189 Å². The van der Waals surface area contributed by atoms with Gasteiger partial charge in [-0.15, -0.1) is 0 Å². The molecule has 0 fully saturated rings. The van der Waals surface area contributed by atoms with Gasteiger partial charge >= 0.3 is 0 Å². The first-order chi connectivity index (χ1) is 51.1. The highest BCUT2D eigenvalue weighted by molar-refractivity contribution is 6.01. The zero-order valence-corrected chi connectivity index (χ0v) is 63.7. The lowest BCUT2D eigenvalue weighted by atomic mass is 10.0. The van der Waals surface area contributed by atoms with Crippen molar-refractivity contribution >= 4 is 92.7 Å². The van der Waals surface area contributed by atoms with Crippen molar-refractivity contribution in [3.63, 3.8) is 0 Å². The number of aromatic nitrogens is 4. The summed E-state index contributed by atoms with van der Waals surface area (Å²) in [6, 6.07) is 40.9. The molecule has 4 amide bonds. The quantitative estimate of drug-likeness (QED) is 0.0207. The number of aromatic amines is 2. The van der Waals surface area contributed by atoms with Gasteiger partial charge in [0.25, 0.3) is 0 Å². The maximum Gasteiger partial charge on any atom is 0.224 e. The van der Waals surface area contributed by atoms with Crippen LogP contribution in [0.2, 0.25) is 0 Å². The minimum atomic E-state index is 0.0222. The Morgan fingerprint density at radius 1 is 0.240 bits per heavy atom. The van der Waals surface area contributed by atoms with Crippen molar-refractivity contribution in [3.8, 4) is 44.5 Å². The van der Waals surface area contributed by atoms with Gasteiger partial charge in [0.05, 0.1) is 22.8 Å². The first-order valence-corrected chi connectivity index (χ1v) is 40.9. The van der Waals surface area contributed by atoms with Crippen LogP contribution in [-0.4, -0.2) is 43.6 Å². The lowest BCUT2D eigenvalue weighted by Crippen LogP contribution is -2.10. The first-order valence-electron chi connectivity index (χ1n) is 40.9. The maximum atomic E-state index is 13.4. The summed E-state index contributed by atoms with van der Waals surface area (Å²) in [6.45, 7) is 9.01. The lowest BCUT2D eigenvalue weighted by Gasteiger charge is -2.10. The number of H-pyrrole nitrogens is 2. The number of nitrogens with one attached hydrogen (secondary N) is 6. The zero-order valence-electron chi connectivity index (χ0n) is 63.7. The van der Waals surface area contributed by atoms with Crippen LogP contribution in [0, 0.1) is 0 Å². The highest BCUT2D eigenvalue weighted by atomic mass is 16.2. The van der Waals surface area contributed by atoms with Crippen molar-refractivity contribution in [1.29, 1.82) is 0 Å². The van der Waals surface area contributed by atoms with Crippen molar-refractivity contribution in [2.45, 2.75) is 285 Å². The van der Waals surface area contributed by atoms with Crippen LogP contribution in [0.3, 0.4) is 0 Å². The summed E-state index contributed by atoms with van der Waals surface area (Å²) < 4.78 is 0. The average molecular weight is 1400 g/mol. The molecule has 3 aromatic heterocycles. The number of carbonyl (C=O) groups excluding carboxylic acids is 4. The Kier molecular flexibility index (Phi) is 34.3. The molecule has 0 saturated carbocycles. The number of benzene rings is 4. The Morgan fingerprint density at radius 3 is 0.596 bits per heavy atom. The summed E-state index contributed by atoms with van der Waals surface area (Å²) in [6.07, 6.45) is 53.3. The summed E-state index contributed by atoms with van der Waals surface area (Å²) in [5.41, 5.74) is 16.4. The number of hydrogen-bond acceptors (Lipinski definition) is 6. The number of rotatable bonds is 48. The average Bonchev–Trinajstić information content (AvgIpc) is 1.62. The molecular weight excluding hydrogens is 1280 g/mol. The summed E-state index contributed by atoms with van der Waals surface area (Å²) in [5, 5.41) is 12.7. The van der Waals surface area contributed by atoms with E-state index < -0.39 is 0 Å². The van der Waals surface area contributed by atoms with Gasteiger partial charge in [-0.2, -0.15) is 0 Å². The Bertz CT molecular complexity index is 3500. The van der Waals surface area contributed by atoms with Crippen LogP contribution in [0.5, 0.6) is 0 Å². The molecule has 7 aromatic rings. The molecule has 2 aliphatic heterocycles. The van der Waals surface area contributed by atoms with E-state index in [1.165, 1.54) is 154 Å². The molecule has 2 aliphatic rings. The molecule has 12 heteroatoms. The van der Waals surface area contributed by atoms with Crippen LogP contribution in [0.25, 0.3) is 90.9 Å². The number of unbranched alkanes of at least 4 members (excludes halogenated alkanes) is 32. The SMILES string of the molecule is CCCCCCCCCCCC(=O)Nc1ccc(-c2c3nc(c(-c4ccc(NC(=O)CCCCCCCCCCC)cc4)c4ccc([nH]4)c(-c4ccc(NC(=O)CCCCCCCCCCC)cc4)c4nc(c(-c5ccc(NC(=O)CCCCCCCCCCC)cc5)c5ccc2[nH]5)C=C4)C=C3)cc1. The van der Waals surface area contributed by atoms with E-state index in [2.05, 4.69) is 156 Å². The van der Waals surface area contributed by atoms with Crippen LogP contribution < -0.4 is 21.3 Å². The van der Waals surface area contributed by atoms with Gasteiger partial charge in [0.1, 0.15) is 0 Å². The summed E-state index contributed by atoms with van der Waals surface area (Å²) >= 11 is 0. The van der Waals surface area contributed by atoms with Crippen molar-refractivity contribution in [2.24, 2.45) is 0 Å². The van der Waals surface area contributed by atoms with Gasteiger partial charge in [-0.1, -0.05) is 282 Å². The van der Waals surface area contributed by atoms with Gasteiger partial charge in [-0.05, 0) is 145 Å². The molecule has 6 N–H and O–H groups in total. The van der Waals surface area contributed by atoms with Gasteiger partial charge in [0, 0.05) is 92.8 Å². The summed E-state index contributed by atoms with van der Waals surface area (Å²) in [4.78, 5) is 72.6. The van der Waals surface area contributed by atoms with Crippen molar-refractivity contribution in [2.75, 3.05) is 21.3 Å². The third-order valence-electron chi connectivity index (χ3n) is 20.6. The second-order valence-corrected chi connectivity index (χ2v) is 29.3. The Hall–Kier alpha value is -8.64. The van der Waals surface area contributed by atoms with Crippen LogP contribution in [0.15, 0.2) is 121 Å². The van der Waals surface area contributed by atoms with Crippen LogP contribution >= 0.6 is 0 Å². The Labute approximate surface area is 622 Å². The minimum Gasteiger partial charge on any atom is -0.354 e. The van der Waals surface area contributed by atoms with Gasteiger partial charge in [0.2, 0.25) is 23.6 Å². The number of nitrogens with zero attached hydrogens (tertiary/aromatic N) is 2. The zero-order chi connectivity index (χ0) is 72.8. The van der Waals surface area contributed by atoms with Gasteiger partial charge in [0.15, 0.2) is 0 Å². The molecule has 554 valence electrons. The second-order valence-electron chi connectivity index (χ2n) is 29.3. The van der Waals surface area contributed by atoms with Crippen molar-refractivity contribution < 1.29 is 19.2 Å². The molecule has 5 heterocycles. The highest BCUT2D eigenvalue weighted by Gasteiger charge is 2.21. The van der Waals surface area contributed by atoms with Crippen molar-refractivity contribution in [3.05, 3.63) is 144 Å². The topological polar surface area (TPSA) is 174 Å². The summed E-state index contributed by atoms with van der Waals surface area (Å²) in [7, 11) is 0. The summed E-state index contributed by atoms with van der Waals surface area (Å²) in [5.74, 6) is 0.0886. The van der Waals surface area contributed by atoms with Crippen LogP contribution in [-0.2, 0) is 19.2 Å². The fraction of sp³-hybridized carbons (Fsp3) is 0.478. The van der Waals surface area contributed by atoms with E-state index in [4.69, 9.17) is 9.97 Å². The molecule has 12 nitrogen and oxygen atoms in total. The number of hydrogen-bond donors (Lipinski definition) is 6. The number of fused-ring (bicyclic) bond motifs is 8. The Balaban J connectivity index is 1.08. The van der Waals surface area contributed by atoms with Gasteiger partial charge < -0.3 is 31.2 Å². The predicted molar refractivity (Wildman–Crippen MR) is 442 cm³/mol.